The summed E-state index contributed by atoms with van der Waals surface area (Å²) in [4.78, 5) is 18.3. The zero-order valence-corrected chi connectivity index (χ0v) is 24.2. The zero-order valence-electron chi connectivity index (χ0n) is 22.7. The van der Waals surface area contributed by atoms with E-state index in [-0.39, 0.29) is 11.4 Å². The number of amides is 1. The van der Waals surface area contributed by atoms with Crippen LogP contribution in [0.2, 0.25) is 5.02 Å². The fraction of sp³-hybridized carbons (Fsp3) is 0.125. The van der Waals surface area contributed by atoms with Crippen LogP contribution in [0.3, 0.4) is 0 Å². The molecule has 41 heavy (non-hydrogen) atoms. The molecular formula is C32H29ClN4O3S. The monoisotopic (exact) mass is 584 g/mol. The molecule has 208 valence electrons. The Hall–Kier alpha value is -4.24. The number of aromatic nitrogens is 2. The Balaban J connectivity index is 1.48. The molecule has 0 aliphatic carbocycles. The van der Waals surface area contributed by atoms with Gasteiger partial charge >= 0.3 is 0 Å². The van der Waals surface area contributed by atoms with Gasteiger partial charge in [-0.05, 0) is 66.9 Å². The first kappa shape index (κ1) is 28.3. The number of imidazole rings is 1. The molecule has 0 atom stereocenters. The lowest BCUT2D eigenvalue weighted by Crippen LogP contribution is -2.38. The lowest BCUT2D eigenvalue weighted by Gasteiger charge is -2.22. The number of anilines is 1. The third-order valence-electron chi connectivity index (χ3n) is 6.77. The zero-order chi connectivity index (χ0) is 29.0. The van der Waals surface area contributed by atoms with E-state index >= 15 is 0 Å². The Morgan fingerprint density at radius 1 is 0.878 bits per heavy atom. The smallest absolute Gasteiger partial charge is 0.243 e. The van der Waals surface area contributed by atoms with Crippen molar-refractivity contribution in [2.45, 2.75) is 25.3 Å². The van der Waals surface area contributed by atoms with Crippen LogP contribution in [0.4, 0.5) is 5.95 Å². The van der Waals surface area contributed by atoms with Gasteiger partial charge in [-0.25, -0.2) is 13.4 Å². The number of aryl methyl sites for hydroxylation is 2. The molecule has 1 heterocycles. The van der Waals surface area contributed by atoms with E-state index in [0.29, 0.717) is 16.7 Å². The molecule has 0 spiro atoms. The number of sulfonamides is 1. The number of carbonyl (C=O) groups is 1. The number of hydrogen-bond acceptors (Lipinski definition) is 4. The highest BCUT2D eigenvalue weighted by Crippen LogP contribution is 2.26. The maximum absolute atomic E-state index is 13.7. The van der Waals surface area contributed by atoms with E-state index in [9.17, 15) is 13.2 Å². The van der Waals surface area contributed by atoms with Gasteiger partial charge in [-0.3, -0.25) is 14.7 Å². The molecule has 9 heteroatoms. The number of nitrogens with zero attached hydrogens (tertiary/aromatic N) is 3. The summed E-state index contributed by atoms with van der Waals surface area (Å²) in [5.41, 5.74) is 5.38. The molecule has 1 amide bonds. The molecule has 1 N–H and O–H groups in total. The van der Waals surface area contributed by atoms with E-state index in [1.165, 1.54) is 24.3 Å². The SMILES string of the molecule is Cc1ccc(-n2cc(-c3ccccc3)nc2NC(=O)CN(Cc2ccccc2)S(=O)(=O)c2ccc(Cl)cc2)cc1C. The van der Waals surface area contributed by atoms with Crippen LogP contribution in [0.1, 0.15) is 16.7 Å². The van der Waals surface area contributed by atoms with Crippen LogP contribution in [0, 0.1) is 13.8 Å². The highest BCUT2D eigenvalue weighted by atomic mass is 35.5. The number of rotatable bonds is 9. The second-order valence-corrected chi connectivity index (χ2v) is 12.1. The van der Waals surface area contributed by atoms with Crippen LogP contribution in [-0.4, -0.2) is 34.7 Å². The van der Waals surface area contributed by atoms with Crippen molar-refractivity contribution in [3.8, 4) is 16.9 Å². The molecule has 0 aliphatic heterocycles. The molecule has 5 aromatic rings. The van der Waals surface area contributed by atoms with Gasteiger partial charge in [-0.15, -0.1) is 0 Å². The van der Waals surface area contributed by atoms with E-state index in [0.717, 1.165) is 32.2 Å². The Bertz CT molecular complexity index is 1770. The average Bonchev–Trinajstić information content (AvgIpc) is 3.39. The van der Waals surface area contributed by atoms with E-state index < -0.39 is 22.5 Å². The highest BCUT2D eigenvalue weighted by Gasteiger charge is 2.28. The van der Waals surface area contributed by atoms with Crippen molar-refractivity contribution in [2.24, 2.45) is 0 Å². The van der Waals surface area contributed by atoms with E-state index in [1.807, 2.05) is 103 Å². The fourth-order valence-electron chi connectivity index (χ4n) is 4.38. The first-order valence-electron chi connectivity index (χ1n) is 13.0. The van der Waals surface area contributed by atoms with Gasteiger partial charge in [0.2, 0.25) is 21.9 Å². The molecule has 7 nitrogen and oxygen atoms in total. The van der Waals surface area contributed by atoms with Gasteiger partial charge in [0.05, 0.1) is 17.1 Å². The quantitative estimate of drug-likeness (QED) is 0.210. The normalized spacial score (nSPS) is 11.5. The van der Waals surface area contributed by atoms with Crippen LogP contribution in [0.5, 0.6) is 0 Å². The van der Waals surface area contributed by atoms with E-state index in [2.05, 4.69) is 5.32 Å². The van der Waals surface area contributed by atoms with Crippen molar-refractivity contribution in [1.82, 2.24) is 13.9 Å². The lowest BCUT2D eigenvalue weighted by atomic mass is 10.1. The molecule has 4 aromatic carbocycles. The van der Waals surface area contributed by atoms with E-state index in [1.54, 1.807) is 0 Å². The minimum atomic E-state index is -4.03. The third-order valence-corrected chi connectivity index (χ3v) is 8.83. The van der Waals surface area contributed by atoms with Gasteiger partial charge in [0.25, 0.3) is 0 Å². The largest absolute Gasteiger partial charge is 0.294 e. The summed E-state index contributed by atoms with van der Waals surface area (Å²) in [5, 5.41) is 3.29. The lowest BCUT2D eigenvalue weighted by molar-refractivity contribution is -0.116. The maximum atomic E-state index is 13.7. The van der Waals surface area contributed by atoms with Crippen LogP contribution in [0.15, 0.2) is 114 Å². The Morgan fingerprint density at radius 3 is 2.20 bits per heavy atom. The second-order valence-electron chi connectivity index (χ2n) is 9.72. The van der Waals surface area contributed by atoms with Crippen LogP contribution < -0.4 is 5.32 Å². The molecule has 1 aromatic heterocycles. The standard InChI is InChI=1S/C32H29ClN4O3S/c1-23-13-16-28(19-24(23)2)37-21-30(26-11-7-4-8-12-26)34-32(37)35-31(38)22-36(20-25-9-5-3-6-10-25)41(39,40)29-17-14-27(33)15-18-29/h3-19,21H,20,22H2,1-2H3,(H,34,35,38). The van der Waals surface area contributed by atoms with Gasteiger partial charge in [-0.1, -0.05) is 78.3 Å². The number of benzene rings is 4. The molecule has 0 radical (unpaired) electrons. The predicted molar refractivity (Wildman–Crippen MR) is 163 cm³/mol. The second kappa shape index (κ2) is 12.1. The summed E-state index contributed by atoms with van der Waals surface area (Å²) in [6.45, 7) is 3.66. The maximum Gasteiger partial charge on any atom is 0.243 e. The summed E-state index contributed by atoms with van der Waals surface area (Å²) in [6.07, 6.45) is 1.86. The first-order valence-corrected chi connectivity index (χ1v) is 14.8. The van der Waals surface area contributed by atoms with Crippen molar-refractivity contribution < 1.29 is 13.2 Å². The third kappa shape index (κ3) is 6.57. The van der Waals surface area contributed by atoms with Crippen LogP contribution >= 0.6 is 11.6 Å². The van der Waals surface area contributed by atoms with Gasteiger partial charge in [0.15, 0.2) is 0 Å². The molecule has 0 saturated carbocycles. The minimum Gasteiger partial charge on any atom is -0.294 e. The fourth-order valence-corrected chi connectivity index (χ4v) is 5.89. The molecule has 0 aliphatic rings. The number of carbonyl (C=O) groups excluding carboxylic acids is 1. The van der Waals surface area contributed by atoms with Gasteiger partial charge in [-0.2, -0.15) is 4.31 Å². The summed E-state index contributed by atoms with van der Waals surface area (Å²) < 4.78 is 30.3. The summed E-state index contributed by atoms with van der Waals surface area (Å²) >= 11 is 5.99. The Morgan fingerprint density at radius 2 is 1.54 bits per heavy atom. The number of halogens is 1. The summed E-state index contributed by atoms with van der Waals surface area (Å²) in [6, 6.07) is 30.7. The molecule has 5 rings (SSSR count). The van der Waals surface area contributed by atoms with Crippen LogP contribution in [-0.2, 0) is 21.4 Å². The van der Waals surface area contributed by atoms with Gasteiger partial charge in [0.1, 0.15) is 0 Å². The van der Waals surface area contributed by atoms with Crippen molar-refractivity contribution in [3.63, 3.8) is 0 Å². The predicted octanol–water partition coefficient (Wildman–Crippen LogP) is 6.64. The van der Waals surface area contributed by atoms with Crippen molar-refractivity contribution in [2.75, 3.05) is 11.9 Å². The molecule has 0 bridgehead atoms. The van der Waals surface area contributed by atoms with Crippen molar-refractivity contribution in [3.05, 3.63) is 131 Å². The van der Waals surface area contributed by atoms with E-state index in [4.69, 9.17) is 16.6 Å². The first-order chi connectivity index (χ1) is 19.7. The number of nitrogens with one attached hydrogen (secondary N) is 1. The topological polar surface area (TPSA) is 84.3 Å². The molecular weight excluding hydrogens is 556 g/mol. The molecule has 0 fully saturated rings. The summed E-state index contributed by atoms with van der Waals surface area (Å²) in [7, 11) is -4.03. The van der Waals surface area contributed by atoms with Crippen molar-refractivity contribution >= 4 is 33.5 Å². The molecule has 0 saturated heterocycles. The molecule has 0 unspecified atom stereocenters. The average molecular weight is 585 g/mol. The highest BCUT2D eigenvalue weighted by molar-refractivity contribution is 7.89. The minimum absolute atomic E-state index is 0.0140. The summed E-state index contributed by atoms with van der Waals surface area (Å²) in [5.74, 6) is -0.227. The Kier molecular flexibility index (Phi) is 8.35. The van der Waals surface area contributed by atoms with Gasteiger partial charge < -0.3 is 0 Å². The van der Waals surface area contributed by atoms with Crippen LogP contribution in [0.25, 0.3) is 16.9 Å². The van der Waals surface area contributed by atoms with Crippen molar-refractivity contribution in [1.29, 1.82) is 0 Å². The van der Waals surface area contributed by atoms with Gasteiger partial charge in [0, 0.05) is 29.0 Å². The Labute approximate surface area is 245 Å². The number of hydrogen-bond donors (Lipinski definition) is 1.